The van der Waals surface area contributed by atoms with Crippen LogP contribution in [-0.2, 0) is 16.1 Å². The third-order valence-corrected chi connectivity index (χ3v) is 5.55. The lowest BCUT2D eigenvalue weighted by atomic mass is 10.2. The van der Waals surface area contributed by atoms with E-state index in [9.17, 15) is 9.59 Å². The number of benzene rings is 1. The van der Waals surface area contributed by atoms with Gasteiger partial charge in [-0.3, -0.25) is 9.69 Å². The van der Waals surface area contributed by atoms with Gasteiger partial charge in [0.05, 0.1) is 0 Å². The Hall–Kier alpha value is -1.69. The van der Waals surface area contributed by atoms with Gasteiger partial charge in [0.2, 0.25) is 5.91 Å². The van der Waals surface area contributed by atoms with Gasteiger partial charge in [0.25, 0.3) is 0 Å². The molecule has 5 nitrogen and oxygen atoms in total. The summed E-state index contributed by atoms with van der Waals surface area (Å²) in [5, 5.41) is 0. The van der Waals surface area contributed by atoms with Crippen LogP contribution in [0.3, 0.4) is 0 Å². The Balaban J connectivity index is 2.14. The summed E-state index contributed by atoms with van der Waals surface area (Å²) in [6, 6.07) is 9.06. The molecule has 1 heterocycles. The monoisotopic (exact) mass is 324 g/mol. The standard InChI is InChI=1S/C16H24N2O3S/c1-12-14(19)17(2)15(22(3,4)5)18(12)16(20)21-11-13-9-7-6-8-10-13/h6-10,12,15H,11H2,1-5H3/t12-,15-/m0/s1. The first-order valence-electron chi connectivity index (χ1n) is 7.16. The fourth-order valence-electron chi connectivity index (χ4n) is 2.76. The maximum Gasteiger partial charge on any atom is 0.413 e. The zero-order valence-corrected chi connectivity index (χ0v) is 14.6. The van der Waals surface area contributed by atoms with E-state index in [4.69, 9.17) is 4.74 Å². The number of rotatable bonds is 3. The molecule has 1 saturated heterocycles. The molecule has 0 spiro atoms. The van der Waals surface area contributed by atoms with E-state index in [-0.39, 0.29) is 18.0 Å². The van der Waals surface area contributed by atoms with Crippen LogP contribution in [0.15, 0.2) is 30.3 Å². The fraction of sp³-hybridized carbons (Fsp3) is 0.500. The van der Waals surface area contributed by atoms with Gasteiger partial charge >= 0.3 is 6.09 Å². The second-order valence-corrected chi connectivity index (χ2v) is 10.6. The van der Waals surface area contributed by atoms with Crippen molar-refractivity contribution in [2.45, 2.75) is 25.1 Å². The number of hydrogen-bond acceptors (Lipinski definition) is 3. The van der Waals surface area contributed by atoms with Crippen molar-refractivity contribution in [3.63, 3.8) is 0 Å². The second-order valence-electron chi connectivity index (χ2n) is 6.33. The quantitative estimate of drug-likeness (QED) is 0.858. The van der Waals surface area contributed by atoms with Gasteiger partial charge in [-0.2, -0.15) is 0 Å². The zero-order valence-electron chi connectivity index (χ0n) is 13.8. The van der Waals surface area contributed by atoms with Gasteiger partial charge in [-0.15, -0.1) is 0 Å². The van der Waals surface area contributed by atoms with Gasteiger partial charge in [0.15, 0.2) is 0 Å². The van der Waals surface area contributed by atoms with Crippen LogP contribution in [0.5, 0.6) is 0 Å². The van der Waals surface area contributed by atoms with E-state index < -0.39 is 22.2 Å². The number of carbonyl (C=O) groups is 2. The highest BCUT2D eigenvalue weighted by atomic mass is 32.3. The lowest BCUT2D eigenvalue weighted by Gasteiger charge is -2.41. The fourth-order valence-corrected chi connectivity index (χ4v) is 4.76. The van der Waals surface area contributed by atoms with E-state index in [1.807, 2.05) is 30.3 Å². The smallest absolute Gasteiger partial charge is 0.413 e. The molecule has 1 aromatic carbocycles. The van der Waals surface area contributed by atoms with Gasteiger partial charge in [0.1, 0.15) is 18.1 Å². The zero-order chi connectivity index (χ0) is 16.5. The van der Waals surface area contributed by atoms with Crippen molar-refractivity contribution in [1.29, 1.82) is 0 Å². The van der Waals surface area contributed by atoms with Gasteiger partial charge in [-0.1, -0.05) is 30.3 Å². The normalized spacial score (nSPS) is 22.9. The molecule has 0 N–H and O–H groups in total. The largest absolute Gasteiger partial charge is 0.444 e. The molecule has 122 valence electrons. The Morgan fingerprint density at radius 3 is 2.36 bits per heavy atom. The lowest BCUT2D eigenvalue weighted by molar-refractivity contribution is -0.128. The third kappa shape index (κ3) is 3.21. The van der Waals surface area contributed by atoms with E-state index in [0.29, 0.717) is 0 Å². The van der Waals surface area contributed by atoms with E-state index in [2.05, 4.69) is 18.8 Å². The molecule has 0 aromatic heterocycles. The molecule has 2 rings (SSSR count). The molecule has 0 radical (unpaired) electrons. The molecule has 22 heavy (non-hydrogen) atoms. The van der Waals surface area contributed by atoms with E-state index >= 15 is 0 Å². The molecular weight excluding hydrogens is 300 g/mol. The van der Waals surface area contributed by atoms with E-state index in [1.165, 1.54) is 0 Å². The van der Waals surface area contributed by atoms with Crippen LogP contribution in [0.25, 0.3) is 0 Å². The molecule has 0 unspecified atom stereocenters. The Labute approximate surface area is 133 Å². The Morgan fingerprint density at radius 1 is 1.23 bits per heavy atom. The molecule has 0 bridgehead atoms. The van der Waals surface area contributed by atoms with Crippen LogP contribution in [0.2, 0.25) is 0 Å². The maximum atomic E-state index is 12.5. The second kappa shape index (κ2) is 6.20. The van der Waals surface area contributed by atoms with Crippen LogP contribution in [0.1, 0.15) is 12.5 Å². The highest BCUT2D eigenvalue weighted by Crippen LogP contribution is 2.47. The summed E-state index contributed by atoms with van der Waals surface area (Å²) in [7, 11) is 0.592. The van der Waals surface area contributed by atoms with Crippen molar-refractivity contribution in [1.82, 2.24) is 9.80 Å². The highest BCUT2D eigenvalue weighted by Gasteiger charge is 2.48. The van der Waals surface area contributed by atoms with Crippen LogP contribution in [0, 0.1) is 0 Å². The maximum absolute atomic E-state index is 12.5. The average Bonchev–Trinajstić information content (AvgIpc) is 2.70. The summed E-state index contributed by atoms with van der Waals surface area (Å²) >= 11 is 0. The molecule has 1 aromatic rings. The van der Waals surface area contributed by atoms with Gasteiger partial charge in [-0.05, 0) is 31.3 Å². The summed E-state index contributed by atoms with van der Waals surface area (Å²) in [6.45, 7) is 1.97. The topological polar surface area (TPSA) is 49.9 Å². The van der Waals surface area contributed by atoms with Crippen molar-refractivity contribution in [3.8, 4) is 0 Å². The predicted molar refractivity (Wildman–Crippen MR) is 89.8 cm³/mol. The molecule has 2 amide bonds. The molecular formula is C16H24N2O3S. The first kappa shape index (κ1) is 16.7. The van der Waals surface area contributed by atoms with Gasteiger partial charge < -0.3 is 9.64 Å². The summed E-state index contributed by atoms with van der Waals surface area (Å²) in [4.78, 5) is 28.0. The number of amides is 2. The molecule has 2 atom stereocenters. The number of ether oxygens (including phenoxy) is 1. The molecule has 0 saturated carbocycles. The number of hydrogen-bond donors (Lipinski definition) is 0. The molecule has 6 heteroatoms. The van der Waals surface area contributed by atoms with Crippen LogP contribution in [-0.4, -0.2) is 59.2 Å². The first-order valence-corrected chi connectivity index (χ1v) is 10.1. The summed E-state index contributed by atoms with van der Waals surface area (Å²) in [5.41, 5.74) is 0.709. The summed E-state index contributed by atoms with van der Waals surface area (Å²) in [5.74, 6) is -0.0379. The van der Waals surface area contributed by atoms with Crippen molar-refractivity contribution >= 4 is 22.0 Å². The van der Waals surface area contributed by atoms with Crippen LogP contribution < -0.4 is 0 Å². The third-order valence-electron chi connectivity index (χ3n) is 3.74. The van der Waals surface area contributed by atoms with Crippen molar-refractivity contribution < 1.29 is 14.3 Å². The van der Waals surface area contributed by atoms with Gasteiger partial charge in [-0.25, -0.2) is 14.8 Å². The molecule has 0 aliphatic carbocycles. The minimum absolute atomic E-state index is 0.0379. The van der Waals surface area contributed by atoms with Gasteiger partial charge in [0, 0.05) is 7.05 Å². The Bertz CT molecular complexity index is 556. The first-order chi connectivity index (χ1) is 10.2. The summed E-state index contributed by atoms with van der Waals surface area (Å²) < 4.78 is 5.43. The van der Waals surface area contributed by atoms with E-state index in [0.717, 1.165) is 5.56 Å². The van der Waals surface area contributed by atoms with Crippen LogP contribution >= 0.6 is 10.0 Å². The van der Waals surface area contributed by atoms with Crippen molar-refractivity contribution in [3.05, 3.63) is 35.9 Å². The highest BCUT2D eigenvalue weighted by molar-refractivity contribution is 8.32. The number of likely N-dealkylation sites (N-methyl/N-ethyl adjacent to an activating group) is 1. The molecule has 1 aliphatic heterocycles. The molecule has 1 aliphatic rings. The average molecular weight is 324 g/mol. The minimum atomic E-state index is -1.16. The molecule has 1 fully saturated rings. The predicted octanol–water partition coefficient (Wildman–Crippen LogP) is 2.46. The lowest BCUT2D eigenvalue weighted by Crippen LogP contribution is -2.45. The summed E-state index contributed by atoms with van der Waals surface area (Å²) in [6.07, 6.45) is 5.85. The SMILES string of the molecule is C[C@H]1C(=O)N(C)[C@H](S(C)(C)C)N1C(=O)OCc1ccccc1. The van der Waals surface area contributed by atoms with Crippen molar-refractivity contribution in [2.24, 2.45) is 0 Å². The number of carbonyl (C=O) groups excluding carboxylic acids is 2. The van der Waals surface area contributed by atoms with Crippen LogP contribution in [0.4, 0.5) is 4.79 Å². The minimum Gasteiger partial charge on any atom is -0.444 e. The Morgan fingerprint density at radius 2 is 1.82 bits per heavy atom. The van der Waals surface area contributed by atoms with Crippen molar-refractivity contribution in [2.75, 3.05) is 25.8 Å². The number of nitrogens with zero attached hydrogens (tertiary/aromatic N) is 2. The Kier molecular flexibility index (Phi) is 4.70. The van der Waals surface area contributed by atoms with E-state index in [1.54, 1.807) is 23.8 Å².